The molecule has 0 aromatic carbocycles. The van der Waals surface area contributed by atoms with Gasteiger partial charge in [-0.25, -0.2) is 0 Å². The van der Waals surface area contributed by atoms with E-state index in [2.05, 4.69) is 41.5 Å². The third-order valence-electron chi connectivity index (χ3n) is 11.5. The molecule has 0 aliphatic heterocycles. The first-order valence-electron chi connectivity index (χ1n) is 24.6. The molecule has 0 N–H and O–H groups in total. The summed E-state index contributed by atoms with van der Waals surface area (Å²) in [6.45, 7) is 13.6. The summed E-state index contributed by atoms with van der Waals surface area (Å²) in [6, 6.07) is 0. The van der Waals surface area contributed by atoms with Crippen molar-refractivity contribution < 1.29 is 28.6 Å². The predicted molar refractivity (Wildman–Crippen MR) is 238 cm³/mol. The van der Waals surface area contributed by atoms with Crippen LogP contribution < -0.4 is 0 Å². The SMILES string of the molecule is CCC(C)CCCCCCCCCCCCCCCCC(=O)OC[C@@H](COC(=O)CCCCCCCCCC(C)C)OC(=O)CCCCCCCCCC(C)C. The molecule has 0 heterocycles. The van der Waals surface area contributed by atoms with Crippen molar-refractivity contribution in [1.29, 1.82) is 0 Å². The summed E-state index contributed by atoms with van der Waals surface area (Å²) in [5.41, 5.74) is 0. The second-order valence-electron chi connectivity index (χ2n) is 18.3. The lowest BCUT2D eigenvalue weighted by Gasteiger charge is -2.18. The standard InChI is InChI=1S/C50H96O6/c1-7-46(6)38-32-26-20-14-12-10-8-9-11-13-15-21-27-33-39-48(51)54-42-47(56-50(53)41-35-29-23-17-19-25-31-37-45(4)5)43-55-49(52)40-34-28-22-16-18-24-30-36-44(2)3/h44-47H,7-43H2,1-6H3/t46?,47-/m0/s1. The predicted octanol–water partition coefficient (Wildman–Crippen LogP) is 15.6. The fraction of sp³-hybridized carbons (Fsp3) is 0.940. The van der Waals surface area contributed by atoms with Gasteiger partial charge >= 0.3 is 17.9 Å². The van der Waals surface area contributed by atoms with E-state index in [0.717, 1.165) is 75.5 Å². The van der Waals surface area contributed by atoms with Gasteiger partial charge < -0.3 is 14.2 Å². The first-order valence-corrected chi connectivity index (χ1v) is 24.6. The monoisotopic (exact) mass is 793 g/mol. The van der Waals surface area contributed by atoms with E-state index < -0.39 is 6.10 Å². The Morgan fingerprint density at radius 2 is 0.625 bits per heavy atom. The number of esters is 3. The Labute approximate surface area is 348 Å². The molecular weight excluding hydrogens is 697 g/mol. The van der Waals surface area contributed by atoms with E-state index in [-0.39, 0.29) is 31.1 Å². The fourth-order valence-electron chi connectivity index (χ4n) is 7.38. The van der Waals surface area contributed by atoms with Crippen LogP contribution in [-0.4, -0.2) is 37.2 Å². The third kappa shape index (κ3) is 42.0. The van der Waals surface area contributed by atoms with E-state index in [0.29, 0.717) is 19.3 Å². The van der Waals surface area contributed by atoms with Crippen molar-refractivity contribution >= 4 is 17.9 Å². The molecule has 2 atom stereocenters. The number of unbranched alkanes of at least 4 members (excludes halogenated alkanes) is 25. The van der Waals surface area contributed by atoms with Gasteiger partial charge in [-0.1, -0.05) is 228 Å². The van der Waals surface area contributed by atoms with Gasteiger partial charge in [-0.3, -0.25) is 14.4 Å². The molecule has 0 aliphatic carbocycles. The summed E-state index contributed by atoms with van der Waals surface area (Å²) in [5, 5.41) is 0. The molecule has 0 aliphatic rings. The van der Waals surface area contributed by atoms with Crippen molar-refractivity contribution in [2.45, 2.75) is 272 Å². The smallest absolute Gasteiger partial charge is 0.306 e. The Morgan fingerprint density at radius 3 is 0.929 bits per heavy atom. The number of carbonyl (C=O) groups is 3. The molecule has 1 unspecified atom stereocenters. The summed E-state index contributed by atoms with van der Waals surface area (Å²) in [6.07, 6.45) is 39.6. The first kappa shape index (κ1) is 54.4. The van der Waals surface area contributed by atoms with Crippen molar-refractivity contribution in [2.24, 2.45) is 17.8 Å². The molecule has 6 heteroatoms. The minimum atomic E-state index is -0.762. The van der Waals surface area contributed by atoms with Gasteiger partial charge in [-0.05, 0) is 37.0 Å². The maximum Gasteiger partial charge on any atom is 0.306 e. The highest BCUT2D eigenvalue weighted by molar-refractivity contribution is 5.71. The molecule has 0 rings (SSSR count). The van der Waals surface area contributed by atoms with Crippen LogP contribution in [0.25, 0.3) is 0 Å². The average Bonchev–Trinajstić information content (AvgIpc) is 3.16. The quantitative estimate of drug-likeness (QED) is 0.0348. The maximum atomic E-state index is 12.7. The van der Waals surface area contributed by atoms with E-state index >= 15 is 0 Å². The number of hydrogen-bond donors (Lipinski definition) is 0. The number of ether oxygens (including phenoxy) is 3. The molecule has 0 radical (unpaired) electrons. The Balaban J connectivity index is 4.25. The number of rotatable bonds is 43. The van der Waals surface area contributed by atoms with E-state index in [1.54, 1.807) is 0 Å². The molecule has 0 fully saturated rings. The van der Waals surface area contributed by atoms with E-state index in [1.165, 1.54) is 148 Å². The molecular formula is C50H96O6. The van der Waals surface area contributed by atoms with Crippen LogP contribution in [0, 0.1) is 17.8 Å². The second kappa shape index (κ2) is 41.6. The van der Waals surface area contributed by atoms with Crippen LogP contribution in [0.2, 0.25) is 0 Å². The second-order valence-corrected chi connectivity index (χ2v) is 18.3. The zero-order valence-corrected chi connectivity index (χ0v) is 38.4. The van der Waals surface area contributed by atoms with E-state index in [4.69, 9.17) is 14.2 Å². The van der Waals surface area contributed by atoms with Crippen molar-refractivity contribution in [2.75, 3.05) is 13.2 Å². The number of hydrogen-bond acceptors (Lipinski definition) is 6. The van der Waals surface area contributed by atoms with Crippen LogP contribution in [0.1, 0.15) is 266 Å². The average molecular weight is 793 g/mol. The highest BCUT2D eigenvalue weighted by Gasteiger charge is 2.19. The Kier molecular flexibility index (Phi) is 40.4. The molecule has 6 nitrogen and oxygen atoms in total. The lowest BCUT2D eigenvalue weighted by molar-refractivity contribution is -0.167. The summed E-state index contributed by atoms with van der Waals surface area (Å²) in [5.74, 6) is 1.59. The molecule has 332 valence electrons. The normalized spacial score (nSPS) is 12.6. The van der Waals surface area contributed by atoms with Crippen LogP contribution in [0.4, 0.5) is 0 Å². The Hall–Kier alpha value is -1.59. The van der Waals surface area contributed by atoms with Gasteiger partial charge in [-0.2, -0.15) is 0 Å². The van der Waals surface area contributed by atoms with E-state index in [1.807, 2.05) is 0 Å². The van der Waals surface area contributed by atoms with Gasteiger partial charge in [-0.15, -0.1) is 0 Å². The molecule has 0 saturated heterocycles. The molecule has 0 amide bonds. The number of carbonyl (C=O) groups excluding carboxylic acids is 3. The topological polar surface area (TPSA) is 78.9 Å². The van der Waals surface area contributed by atoms with Gasteiger partial charge in [0.05, 0.1) is 0 Å². The zero-order chi connectivity index (χ0) is 41.3. The summed E-state index contributed by atoms with van der Waals surface area (Å²) < 4.78 is 16.7. The van der Waals surface area contributed by atoms with Gasteiger partial charge in [0.25, 0.3) is 0 Å². The van der Waals surface area contributed by atoms with Crippen LogP contribution in [0.5, 0.6) is 0 Å². The molecule has 0 spiro atoms. The molecule has 0 saturated carbocycles. The minimum Gasteiger partial charge on any atom is -0.462 e. The van der Waals surface area contributed by atoms with Crippen molar-refractivity contribution in [3.63, 3.8) is 0 Å². The van der Waals surface area contributed by atoms with Gasteiger partial charge in [0.15, 0.2) is 6.10 Å². The van der Waals surface area contributed by atoms with Crippen molar-refractivity contribution in [3.8, 4) is 0 Å². The Bertz CT molecular complexity index is 870. The van der Waals surface area contributed by atoms with Gasteiger partial charge in [0.1, 0.15) is 13.2 Å². The van der Waals surface area contributed by atoms with Crippen molar-refractivity contribution in [1.82, 2.24) is 0 Å². The molecule has 0 aromatic rings. The van der Waals surface area contributed by atoms with Crippen molar-refractivity contribution in [3.05, 3.63) is 0 Å². The van der Waals surface area contributed by atoms with Crippen LogP contribution in [0.3, 0.4) is 0 Å². The van der Waals surface area contributed by atoms with Crippen LogP contribution in [-0.2, 0) is 28.6 Å². The van der Waals surface area contributed by atoms with Gasteiger partial charge in [0.2, 0.25) is 0 Å². The summed E-state index contributed by atoms with van der Waals surface area (Å²) in [7, 11) is 0. The highest BCUT2D eigenvalue weighted by atomic mass is 16.6. The molecule has 0 aromatic heterocycles. The molecule has 0 bridgehead atoms. The summed E-state index contributed by atoms with van der Waals surface area (Å²) >= 11 is 0. The van der Waals surface area contributed by atoms with Crippen LogP contribution >= 0.6 is 0 Å². The first-order chi connectivity index (χ1) is 27.1. The fourth-order valence-corrected chi connectivity index (χ4v) is 7.38. The van der Waals surface area contributed by atoms with Crippen LogP contribution in [0.15, 0.2) is 0 Å². The maximum absolute atomic E-state index is 12.7. The molecule has 56 heavy (non-hydrogen) atoms. The minimum absolute atomic E-state index is 0.0662. The largest absolute Gasteiger partial charge is 0.462 e. The zero-order valence-electron chi connectivity index (χ0n) is 38.4. The van der Waals surface area contributed by atoms with Gasteiger partial charge in [0, 0.05) is 19.3 Å². The Morgan fingerprint density at radius 1 is 0.357 bits per heavy atom. The lowest BCUT2D eigenvalue weighted by Crippen LogP contribution is -2.30. The van der Waals surface area contributed by atoms with E-state index in [9.17, 15) is 14.4 Å². The summed E-state index contributed by atoms with van der Waals surface area (Å²) in [4.78, 5) is 37.8. The lowest BCUT2D eigenvalue weighted by atomic mass is 9.99. The third-order valence-corrected chi connectivity index (χ3v) is 11.5. The highest BCUT2D eigenvalue weighted by Crippen LogP contribution is 2.18.